The van der Waals surface area contributed by atoms with Gasteiger partial charge < -0.3 is 20.4 Å². The van der Waals surface area contributed by atoms with Gasteiger partial charge in [-0.05, 0) is 37.0 Å². The molecule has 0 radical (unpaired) electrons. The van der Waals surface area contributed by atoms with Crippen molar-refractivity contribution in [2.24, 2.45) is 29.1 Å². The summed E-state index contributed by atoms with van der Waals surface area (Å²) in [6.07, 6.45) is 8.92. The summed E-state index contributed by atoms with van der Waals surface area (Å²) in [6.45, 7) is 12.0. The highest BCUT2D eigenvalue weighted by Crippen LogP contribution is 2.51. The quantitative estimate of drug-likeness (QED) is 0.109. The topological polar surface area (TPSA) is 132 Å². The number of aliphatic carboxylic acids is 3. The standard InChI is InChI=1S/C30H56O7/c1-7-13-22(14-8-2)19-25(26(31)32)30(37,28(35)36)29(27(33)34,20-23(15-9-3)16-10-4)21-24(17-11-5)18-12-6/h22-25,37H,7-21H2,1-6H3,(H,31,32)(H,33,34)(H,35,36). The third-order valence-electron chi connectivity index (χ3n) is 8.29. The third kappa shape index (κ3) is 9.56. The van der Waals surface area contributed by atoms with Crippen LogP contribution in [0.15, 0.2) is 0 Å². The zero-order valence-corrected chi connectivity index (χ0v) is 24.4. The minimum atomic E-state index is -2.93. The molecule has 2 atom stereocenters. The van der Waals surface area contributed by atoms with Crippen LogP contribution in [0.25, 0.3) is 0 Å². The molecule has 0 amide bonds. The lowest BCUT2D eigenvalue weighted by molar-refractivity contribution is -0.211. The summed E-state index contributed by atoms with van der Waals surface area (Å²) in [4.78, 5) is 39.1. The second-order valence-corrected chi connectivity index (χ2v) is 11.3. The Labute approximate surface area is 225 Å². The number of carboxylic acid groups (broad SMARTS) is 3. The Morgan fingerprint density at radius 2 is 0.892 bits per heavy atom. The fourth-order valence-electron chi connectivity index (χ4n) is 6.71. The molecule has 2 unspecified atom stereocenters. The molecule has 0 fully saturated rings. The number of aliphatic hydroxyl groups is 1. The Bertz CT molecular complexity index is 641. The second kappa shape index (κ2) is 17.8. The molecular weight excluding hydrogens is 472 g/mol. The zero-order chi connectivity index (χ0) is 28.6. The van der Waals surface area contributed by atoms with Gasteiger partial charge in [0.15, 0.2) is 5.60 Å². The first-order valence-electron chi connectivity index (χ1n) is 14.9. The molecule has 0 spiro atoms. The van der Waals surface area contributed by atoms with Crippen molar-refractivity contribution >= 4 is 17.9 Å². The highest BCUT2D eigenvalue weighted by Gasteiger charge is 2.67. The summed E-state index contributed by atoms with van der Waals surface area (Å²) in [7, 11) is 0. The van der Waals surface area contributed by atoms with E-state index in [1.54, 1.807) is 0 Å². The van der Waals surface area contributed by atoms with Crippen molar-refractivity contribution in [2.45, 2.75) is 143 Å². The molecule has 37 heavy (non-hydrogen) atoms. The normalized spacial score (nSPS) is 14.8. The van der Waals surface area contributed by atoms with Crippen molar-refractivity contribution in [1.29, 1.82) is 0 Å². The molecular formula is C30H56O7. The molecule has 0 rings (SSSR count). The lowest BCUT2D eigenvalue weighted by atomic mass is 9.56. The largest absolute Gasteiger partial charge is 0.481 e. The average Bonchev–Trinajstić information content (AvgIpc) is 2.81. The van der Waals surface area contributed by atoms with E-state index in [-0.39, 0.29) is 37.0 Å². The van der Waals surface area contributed by atoms with E-state index < -0.39 is 34.8 Å². The molecule has 0 aromatic heterocycles. The van der Waals surface area contributed by atoms with Gasteiger partial charge in [0.2, 0.25) is 0 Å². The van der Waals surface area contributed by atoms with Crippen LogP contribution in [0.1, 0.15) is 138 Å². The number of hydrogen-bond donors (Lipinski definition) is 4. The van der Waals surface area contributed by atoms with E-state index in [0.29, 0.717) is 38.5 Å². The van der Waals surface area contributed by atoms with Crippen molar-refractivity contribution < 1.29 is 34.8 Å². The highest BCUT2D eigenvalue weighted by atomic mass is 16.4. The molecule has 0 saturated heterocycles. The van der Waals surface area contributed by atoms with E-state index in [4.69, 9.17) is 0 Å². The van der Waals surface area contributed by atoms with Crippen LogP contribution >= 0.6 is 0 Å². The van der Waals surface area contributed by atoms with Gasteiger partial charge in [0.1, 0.15) is 5.41 Å². The molecule has 0 aliphatic carbocycles. The van der Waals surface area contributed by atoms with Crippen molar-refractivity contribution in [3.05, 3.63) is 0 Å². The van der Waals surface area contributed by atoms with Crippen LogP contribution in [-0.4, -0.2) is 43.9 Å². The Hall–Kier alpha value is -1.63. The van der Waals surface area contributed by atoms with Gasteiger partial charge in [-0.15, -0.1) is 0 Å². The van der Waals surface area contributed by atoms with Gasteiger partial charge in [0.25, 0.3) is 0 Å². The van der Waals surface area contributed by atoms with Gasteiger partial charge in [0.05, 0.1) is 5.92 Å². The minimum absolute atomic E-state index is 0.0350. The van der Waals surface area contributed by atoms with Gasteiger partial charge in [-0.25, -0.2) is 4.79 Å². The molecule has 0 saturated carbocycles. The van der Waals surface area contributed by atoms with Gasteiger partial charge in [-0.2, -0.15) is 0 Å². The fourth-order valence-corrected chi connectivity index (χ4v) is 6.71. The summed E-state index contributed by atoms with van der Waals surface area (Å²) in [5, 5.41) is 44.0. The Morgan fingerprint density at radius 1 is 0.568 bits per heavy atom. The predicted octanol–water partition coefficient (Wildman–Crippen LogP) is 7.39. The molecule has 0 aromatic carbocycles. The Balaban J connectivity index is 7.21. The summed E-state index contributed by atoms with van der Waals surface area (Å²) in [5.41, 5.74) is -5.03. The second-order valence-electron chi connectivity index (χ2n) is 11.3. The van der Waals surface area contributed by atoms with Crippen LogP contribution in [0, 0.1) is 29.1 Å². The molecule has 0 bridgehead atoms. The molecule has 218 valence electrons. The van der Waals surface area contributed by atoms with Gasteiger partial charge >= 0.3 is 17.9 Å². The number of rotatable bonds is 23. The molecule has 0 aliphatic heterocycles. The van der Waals surface area contributed by atoms with E-state index in [9.17, 15) is 34.8 Å². The van der Waals surface area contributed by atoms with E-state index in [1.165, 1.54) is 0 Å². The molecule has 0 aliphatic rings. The van der Waals surface area contributed by atoms with Crippen molar-refractivity contribution in [3.63, 3.8) is 0 Å². The SMILES string of the molecule is CCCC(CCC)CC(C(=O)O)C(O)(C(=O)O)C(CC(CCC)CCC)(CC(CCC)CCC)C(=O)O. The van der Waals surface area contributed by atoms with Gasteiger partial charge in [-0.1, -0.05) is 119 Å². The fraction of sp³-hybridized carbons (Fsp3) is 0.900. The number of carbonyl (C=O) groups is 3. The monoisotopic (exact) mass is 528 g/mol. The molecule has 0 heterocycles. The molecule has 7 nitrogen and oxygen atoms in total. The average molecular weight is 529 g/mol. The van der Waals surface area contributed by atoms with E-state index >= 15 is 0 Å². The first kappa shape index (κ1) is 35.4. The predicted molar refractivity (Wildman–Crippen MR) is 148 cm³/mol. The highest BCUT2D eigenvalue weighted by molar-refractivity contribution is 5.93. The van der Waals surface area contributed by atoms with Crippen LogP contribution in [-0.2, 0) is 14.4 Å². The van der Waals surface area contributed by atoms with Crippen LogP contribution in [0.3, 0.4) is 0 Å². The summed E-state index contributed by atoms with van der Waals surface area (Å²) >= 11 is 0. The minimum Gasteiger partial charge on any atom is -0.481 e. The van der Waals surface area contributed by atoms with Gasteiger partial charge in [-0.3, -0.25) is 9.59 Å². The van der Waals surface area contributed by atoms with Crippen LogP contribution in [0.5, 0.6) is 0 Å². The van der Waals surface area contributed by atoms with Crippen molar-refractivity contribution in [3.8, 4) is 0 Å². The number of hydrogen-bond acceptors (Lipinski definition) is 4. The smallest absolute Gasteiger partial charge is 0.337 e. The molecule has 0 aromatic rings. The first-order chi connectivity index (χ1) is 17.4. The zero-order valence-electron chi connectivity index (χ0n) is 24.4. The van der Waals surface area contributed by atoms with Crippen molar-refractivity contribution in [1.82, 2.24) is 0 Å². The maximum Gasteiger partial charge on any atom is 0.337 e. The lowest BCUT2D eigenvalue weighted by Gasteiger charge is -2.48. The van der Waals surface area contributed by atoms with E-state index in [0.717, 1.165) is 38.5 Å². The maximum atomic E-state index is 13.3. The van der Waals surface area contributed by atoms with Crippen LogP contribution < -0.4 is 0 Å². The lowest BCUT2D eigenvalue weighted by Crippen LogP contribution is -2.65. The third-order valence-corrected chi connectivity index (χ3v) is 8.29. The summed E-state index contributed by atoms with van der Waals surface area (Å²) in [6, 6.07) is 0. The molecule has 4 N–H and O–H groups in total. The van der Waals surface area contributed by atoms with E-state index in [1.807, 2.05) is 41.5 Å². The Morgan fingerprint density at radius 3 is 1.14 bits per heavy atom. The van der Waals surface area contributed by atoms with Crippen LogP contribution in [0.4, 0.5) is 0 Å². The summed E-state index contributed by atoms with van der Waals surface area (Å²) in [5.74, 6) is -6.59. The summed E-state index contributed by atoms with van der Waals surface area (Å²) < 4.78 is 0. The maximum absolute atomic E-state index is 13.3. The molecule has 7 heteroatoms. The Kier molecular flexibility index (Phi) is 17.0. The first-order valence-corrected chi connectivity index (χ1v) is 14.9. The van der Waals surface area contributed by atoms with Gasteiger partial charge in [0, 0.05) is 0 Å². The van der Waals surface area contributed by atoms with Crippen molar-refractivity contribution in [2.75, 3.05) is 0 Å². The van der Waals surface area contributed by atoms with E-state index in [2.05, 4.69) is 0 Å². The number of carboxylic acids is 3. The van der Waals surface area contributed by atoms with Crippen LogP contribution in [0.2, 0.25) is 0 Å².